The van der Waals surface area contributed by atoms with Crippen molar-refractivity contribution in [1.29, 1.82) is 0 Å². The number of benzene rings is 2. The van der Waals surface area contributed by atoms with Gasteiger partial charge in [-0.3, -0.25) is 4.79 Å². The topological polar surface area (TPSA) is 46.3 Å². The summed E-state index contributed by atoms with van der Waals surface area (Å²) in [5.74, 6) is 0.674. The van der Waals surface area contributed by atoms with E-state index in [4.69, 9.17) is 16.1 Å². The Labute approximate surface area is 164 Å². The molecule has 1 aromatic heterocycles. The maximum atomic E-state index is 12.8. The van der Waals surface area contributed by atoms with Crippen LogP contribution in [0, 0.1) is 13.8 Å². The molecule has 0 fully saturated rings. The highest BCUT2D eigenvalue weighted by molar-refractivity contribution is 6.30. The van der Waals surface area contributed by atoms with Crippen LogP contribution in [-0.2, 0) is 6.54 Å². The predicted molar refractivity (Wildman–Crippen MR) is 108 cm³/mol. The molecule has 0 aliphatic carbocycles. The minimum atomic E-state index is -0.0377. The van der Waals surface area contributed by atoms with Crippen molar-refractivity contribution in [2.75, 3.05) is 6.54 Å². The predicted octanol–water partition coefficient (Wildman–Crippen LogP) is 5.66. The average Bonchev–Trinajstić information content (AvgIpc) is 3.12. The third kappa shape index (κ3) is 4.58. The van der Waals surface area contributed by atoms with E-state index in [-0.39, 0.29) is 5.91 Å². The van der Waals surface area contributed by atoms with E-state index in [0.29, 0.717) is 29.4 Å². The Kier molecular flexibility index (Phi) is 5.97. The van der Waals surface area contributed by atoms with E-state index in [1.54, 1.807) is 29.2 Å². The molecular formula is C22H23ClN2O2. The highest BCUT2D eigenvalue weighted by Crippen LogP contribution is 2.24. The molecule has 0 radical (unpaired) electrons. The number of carbonyl (C=O) groups excluding carboxylic acids is 1. The summed E-state index contributed by atoms with van der Waals surface area (Å²) in [5, 5.41) is 4.78. The molecule has 0 aliphatic rings. The first-order valence-electron chi connectivity index (χ1n) is 9.06. The Hall–Kier alpha value is -2.59. The first-order valence-corrected chi connectivity index (χ1v) is 9.43. The normalized spacial score (nSPS) is 10.8. The van der Waals surface area contributed by atoms with Crippen molar-refractivity contribution < 1.29 is 9.32 Å². The number of aromatic nitrogens is 1. The van der Waals surface area contributed by atoms with E-state index in [0.717, 1.165) is 17.7 Å². The smallest absolute Gasteiger partial charge is 0.254 e. The van der Waals surface area contributed by atoms with Crippen LogP contribution in [0.1, 0.15) is 40.5 Å². The van der Waals surface area contributed by atoms with Gasteiger partial charge < -0.3 is 9.42 Å². The molecule has 3 rings (SSSR count). The molecule has 0 aliphatic heterocycles. The van der Waals surface area contributed by atoms with E-state index in [2.05, 4.69) is 31.1 Å². The third-order valence-electron chi connectivity index (χ3n) is 4.58. The molecule has 1 amide bonds. The summed E-state index contributed by atoms with van der Waals surface area (Å²) in [4.78, 5) is 14.6. The van der Waals surface area contributed by atoms with Crippen molar-refractivity contribution in [1.82, 2.24) is 10.1 Å². The third-order valence-corrected chi connectivity index (χ3v) is 4.83. The molecule has 0 saturated heterocycles. The van der Waals surface area contributed by atoms with Crippen LogP contribution in [0.15, 0.2) is 53.1 Å². The molecule has 1 heterocycles. The Bertz CT molecular complexity index is 932. The molecule has 27 heavy (non-hydrogen) atoms. The average molecular weight is 383 g/mol. The number of rotatable bonds is 6. The van der Waals surface area contributed by atoms with Crippen LogP contribution in [0.5, 0.6) is 0 Å². The number of aryl methyl sites for hydroxylation is 2. The Balaban J connectivity index is 1.79. The molecule has 5 heteroatoms. The molecule has 0 unspecified atom stereocenters. The van der Waals surface area contributed by atoms with Crippen molar-refractivity contribution in [2.24, 2.45) is 0 Å². The van der Waals surface area contributed by atoms with Crippen molar-refractivity contribution in [3.8, 4) is 11.3 Å². The van der Waals surface area contributed by atoms with Gasteiger partial charge in [0.05, 0.1) is 6.54 Å². The quantitative estimate of drug-likeness (QED) is 0.552. The van der Waals surface area contributed by atoms with Crippen LogP contribution < -0.4 is 0 Å². The molecule has 0 saturated carbocycles. The standard InChI is InChI=1S/C22H23ClN2O2/c1-4-11-25(22(26)17-7-9-19(23)10-8-17)14-20-13-21(27-24-20)18-6-5-15(2)16(3)12-18/h5-10,12-13H,4,11,14H2,1-3H3. The number of amides is 1. The number of carbonyl (C=O) groups is 1. The lowest BCUT2D eigenvalue weighted by atomic mass is 10.0. The summed E-state index contributed by atoms with van der Waals surface area (Å²) in [5.41, 5.74) is 4.78. The van der Waals surface area contributed by atoms with Gasteiger partial charge in [0.2, 0.25) is 0 Å². The van der Waals surface area contributed by atoms with Gasteiger partial charge in [-0.25, -0.2) is 0 Å². The Morgan fingerprint density at radius 1 is 1.07 bits per heavy atom. The molecule has 0 bridgehead atoms. The maximum absolute atomic E-state index is 12.8. The van der Waals surface area contributed by atoms with E-state index in [1.165, 1.54) is 11.1 Å². The number of hydrogen-bond donors (Lipinski definition) is 0. The van der Waals surface area contributed by atoms with Gasteiger partial charge in [-0.15, -0.1) is 0 Å². The van der Waals surface area contributed by atoms with Gasteiger partial charge in [0.15, 0.2) is 5.76 Å². The van der Waals surface area contributed by atoms with Crippen molar-refractivity contribution in [3.05, 3.63) is 75.9 Å². The van der Waals surface area contributed by atoms with E-state index < -0.39 is 0 Å². The first-order chi connectivity index (χ1) is 13.0. The zero-order chi connectivity index (χ0) is 19.4. The lowest BCUT2D eigenvalue weighted by Gasteiger charge is -2.21. The van der Waals surface area contributed by atoms with Gasteiger partial charge in [-0.1, -0.05) is 35.8 Å². The monoisotopic (exact) mass is 382 g/mol. The summed E-state index contributed by atoms with van der Waals surface area (Å²) >= 11 is 5.92. The number of nitrogens with zero attached hydrogens (tertiary/aromatic N) is 2. The second-order valence-corrected chi connectivity index (χ2v) is 7.15. The lowest BCUT2D eigenvalue weighted by Crippen LogP contribution is -2.31. The van der Waals surface area contributed by atoms with Gasteiger partial charge in [0, 0.05) is 28.8 Å². The summed E-state index contributed by atoms with van der Waals surface area (Å²) in [7, 11) is 0. The zero-order valence-electron chi connectivity index (χ0n) is 15.8. The van der Waals surface area contributed by atoms with Gasteiger partial charge >= 0.3 is 0 Å². The fourth-order valence-electron chi connectivity index (χ4n) is 2.91. The summed E-state index contributed by atoms with van der Waals surface area (Å²) < 4.78 is 5.52. The van der Waals surface area contributed by atoms with Crippen molar-refractivity contribution in [2.45, 2.75) is 33.7 Å². The number of hydrogen-bond acceptors (Lipinski definition) is 3. The van der Waals surface area contributed by atoms with E-state index >= 15 is 0 Å². The molecule has 0 N–H and O–H groups in total. The lowest BCUT2D eigenvalue weighted by molar-refractivity contribution is 0.0739. The minimum Gasteiger partial charge on any atom is -0.356 e. The van der Waals surface area contributed by atoms with Gasteiger partial charge in [0.1, 0.15) is 5.69 Å². The van der Waals surface area contributed by atoms with Gasteiger partial charge in [-0.05, 0) is 61.7 Å². The van der Waals surface area contributed by atoms with Crippen LogP contribution in [0.3, 0.4) is 0 Å². The molecule has 4 nitrogen and oxygen atoms in total. The fraction of sp³-hybridized carbons (Fsp3) is 0.273. The first kappa shape index (κ1) is 19.2. The second kappa shape index (κ2) is 8.40. The van der Waals surface area contributed by atoms with Crippen molar-refractivity contribution >= 4 is 17.5 Å². The zero-order valence-corrected chi connectivity index (χ0v) is 16.6. The molecule has 0 spiro atoms. The molecule has 3 aromatic rings. The number of halogens is 1. The summed E-state index contributed by atoms with van der Waals surface area (Å²) in [6, 6.07) is 15.0. The molecule has 140 valence electrons. The van der Waals surface area contributed by atoms with E-state index in [9.17, 15) is 4.79 Å². The fourth-order valence-corrected chi connectivity index (χ4v) is 3.04. The van der Waals surface area contributed by atoms with E-state index in [1.807, 2.05) is 19.1 Å². The summed E-state index contributed by atoms with van der Waals surface area (Å²) in [6.07, 6.45) is 0.862. The Morgan fingerprint density at radius 2 is 1.81 bits per heavy atom. The highest BCUT2D eigenvalue weighted by Gasteiger charge is 2.18. The van der Waals surface area contributed by atoms with Crippen LogP contribution >= 0.6 is 11.6 Å². The molecule has 0 atom stereocenters. The van der Waals surface area contributed by atoms with Crippen molar-refractivity contribution in [3.63, 3.8) is 0 Å². The highest BCUT2D eigenvalue weighted by atomic mass is 35.5. The molecule has 2 aromatic carbocycles. The molecular weight excluding hydrogens is 360 g/mol. The summed E-state index contributed by atoms with van der Waals surface area (Å²) in [6.45, 7) is 7.25. The maximum Gasteiger partial charge on any atom is 0.254 e. The van der Waals surface area contributed by atoms with Crippen LogP contribution in [-0.4, -0.2) is 22.5 Å². The van der Waals surface area contributed by atoms with Crippen LogP contribution in [0.25, 0.3) is 11.3 Å². The minimum absolute atomic E-state index is 0.0377. The van der Waals surface area contributed by atoms with Gasteiger partial charge in [-0.2, -0.15) is 0 Å². The Morgan fingerprint density at radius 3 is 2.48 bits per heavy atom. The van der Waals surface area contributed by atoms with Crippen LogP contribution in [0.4, 0.5) is 0 Å². The largest absolute Gasteiger partial charge is 0.356 e. The van der Waals surface area contributed by atoms with Crippen LogP contribution in [0.2, 0.25) is 5.02 Å². The van der Waals surface area contributed by atoms with Gasteiger partial charge in [0.25, 0.3) is 5.91 Å². The second-order valence-electron chi connectivity index (χ2n) is 6.72. The SMILES string of the molecule is CCCN(Cc1cc(-c2ccc(C)c(C)c2)on1)C(=O)c1ccc(Cl)cc1.